The molecule has 128 valence electrons. The molecule has 21 heavy (non-hydrogen) atoms. The molecule has 3 heteroatoms. The lowest BCUT2D eigenvalue weighted by Crippen LogP contribution is -2.59. The zero-order valence-electron chi connectivity index (χ0n) is 16.4. The normalized spacial score (nSPS) is 16.3. The Morgan fingerprint density at radius 2 is 1.43 bits per heavy atom. The first-order valence-electron chi connectivity index (χ1n) is 9.30. The lowest BCUT2D eigenvalue weighted by Gasteiger charge is -2.49. The molecule has 0 aromatic heterocycles. The van der Waals surface area contributed by atoms with Crippen molar-refractivity contribution in [1.29, 1.82) is 0 Å². The van der Waals surface area contributed by atoms with Crippen molar-refractivity contribution in [3.63, 3.8) is 0 Å². The average molecular weight is 331 g/mol. The van der Waals surface area contributed by atoms with Gasteiger partial charge in [0.25, 0.3) is 0 Å². The van der Waals surface area contributed by atoms with E-state index >= 15 is 0 Å². The molecule has 0 aliphatic carbocycles. The molecule has 0 heterocycles. The van der Waals surface area contributed by atoms with Gasteiger partial charge in [-0.05, 0) is 32.0 Å². The molecule has 0 aliphatic heterocycles. The van der Waals surface area contributed by atoms with Crippen molar-refractivity contribution in [3.05, 3.63) is 0 Å². The highest BCUT2D eigenvalue weighted by atomic mass is 28.4. The summed E-state index contributed by atoms with van der Waals surface area (Å²) in [7, 11) is -2.99. The van der Waals surface area contributed by atoms with Crippen LogP contribution in [0.3, 0.4) is 0 Å². The van der Waals surface area contributed by atoms with E-state index in [9.17, 15) is 0 Å². The average Bonchev–Trinajstić information content (AvgIpc) is 2.36. The van der Waals surface area contributed by atoms with Crippen molar-refractivity contribution in [1.82, 2.24) is 0 Å². The highest BCUT2D eigenvalue weighted by Gasteiger charge is 2.47. The first-order chi connectivity index (χ1) is 9.60. The standard InChI is InChI=1S/C18H42OSi2/c1-10-14-16-20(6,7)18(5,15-11-2)19-21(8,9)17(12-3)13-4/h17H,10-16H2,1-9H3. The fraction of sp³-hybridized carbons (Fsp3) is 1.00. The summed E-state index contributed by atoms with van der Waals surface area (Å²) in [6.45, 7) is 21.8. The largest absolute Gasteiger partial charge is 0.415 e. The SMILES string of the molecule is CCCC[Si](C)(C)C(C)(CCC)O[Si](C)(C)C(CC)CC. The van der Waals surface area contributed by atoms with Crippen molar-refractivity contribution in [2.24, 2.45) is 0 Å². The van der Waals surface area contributed by atoms with Crippen LogP contribution in [0.4, 0.5) is 0 Å². The summed E-state index contributed by atoms with van der Waals surface area (Å²) in [5, 5.41) is 0.162. The van der Waals surface area contributed by atoms with Crippen LogP contribution in [0.15, 0.2) is 0 Å². The molecule has 0 rings (SSSR count). The minimum Gasteiger partial charge on any atom is -0.415 e. The Hall–Kier alpha value is 0.394. The highest BCUT2D eigenvalue weighted by molar-refractivity contribution is 6.82. The lowest BCUT2D eigenvalue weighted by atomic mass is 10.2. The maximum absolute atomic E-state index is 7.07. The molecular weight excluding hydrogens is 288 g/mol. The van der Waals surface area contributed by atoms with Crippen LogP contribution in [0, 0.1) is 0 Å². The van der Waals surface area contributed by atoms with E-state index in [4.69, 9.17) is 4.43 Å². The van der Waals surface area contributed by atoms with Crippen LogP contribution in [0.1, 0.15) is 73.1 Å². The molecule has 0 spiro atoms. The first kappa shape index (κ1) is 21.4. The van der Waals surface area contributed by atoms with E-state index in [-0.39, 0.29) is 5.22 Å². The summed E-state index contributed by atoms with van der Waals surface area (Å²) in [4.78, 5) is 0. The number of hydrogen-bond donors (Lipinski definition) is 0. The second-order valence-corrected chi connectivity index (χ2v) is 17.7. The molecule has 1 atom stereocenters. The molecule has 0 aliphatic rings. The Morgan fingerprint density at radius 3 is 1.81 bits per heavy atom. The van der Waals surface area contributed by atoms with Gasteiger partial charge in [0.2, 0.25) is 0 Å². The van der Waals surface area contributed by atoms with E-state index in [2.05, 4.69) is 60.8 Å². The Bertz CT molecular complexity index is 285. The van der Waals surface area contributed by atoms with Gasteiger partial charge in [0.15, 0.2) is 8.32 Å². The first-order valence-corrected chi connectivity index (χ1v) is 15.5. The second kappa shape index (κ2) is 8.88. The molecule has 1 unspecified atom stereocenters. The van der Waals surface area contributed by atoms with Gasteiger partial charge >= 0.3 is 0 Å². The third kappa shape index (κ3) is 5.83. The zero-order chi connectivity index (χ0) is 16.7. The Balaban J connectivity index is 5.27. The van der Waals surface area contributed by atoms with Crippen LogP contribution in [-0.4, -0.2) is 21.6 Å². The summed E-state index contributed by atoms with van der Waals surface area (Å²) in [5.41, 5.74) is 0.796. The monoisotopic (exact) mass is 330 g/mol. The zero-order valence-corrected chi connectivity index (χ0v) is 18.4. The van der Waals surface area contributed by atoms with E-state index in [1.807, 2.05) is 0 Å². The van der Waals surface area contributed by atoms with Crippen molar-refractivity contribution < 1.29 is 4.43 Å². The van der Waals surface area contributed by atoms with E-state index in [0.717, 1.165) is 5.54 Å². The Morgan fingerprint density at radius 1 is 0.905 bits per heavy atom. The molecule has 0 amide bonds. The minimum atomic E-state index is -1.62. The fourth-order valence-corrected chi connectivity index (χ4v) is 11.8. The number of hydrogen-bond acceptors (Lipinski definition) is 1. The van der Waals surface area contributed by atoms with Gasteiger partial charge in [0.1, 0.15) is 0 Å². The third-order valence-corrected chi connectivity index (χ3v) is 14.6. The molecule has 0 N–H and O–H groups in total. The Kier molecular flexibility index (Phi) is 9.04. The van der Waals surface area contributed by atoms with Crippen LogP contribution in [0.2, 0.25) is 37.8 Å². The molecule has 0 saturated heterocycles. The van der Waals surface area contributed by atoms with Crippen molar-refractivity contribution in [3.8, 4) is 0 Å². The van der Waals surface area contributed by atoms with E-state index in [1.165, 1.54) is 44.6 Å². The Labute approximate surface area is 137 Å². The van der Waals surface area contributed by atoms with Gasteiger partial charge < -0.3 is 4.43 Å². The van der Waals surface area contributed by atoms with Gasteiger partial charge in [-0.2, -0.15) is 0 Å². The lowest BCUT2D eigenvalue weighted by molar-refractivity contribution is 0.136. The molecular formula is C18H42OSi2. The maximum atomic E-state index is 7.07. The summed E-state index contributed by atoms with van der Waals surface area (Å²) >= 11 is 0. The predicted octanol–water partition coefficient (Wildman–Crippen LogP) is 7.00. The molecule has 0 aromatic rings. The van der Waals surface area contributed by atoms with Crippen LogP contribution in [-0.2, 0) is 4.43 Å². The molecule has 1 nitrogen and oxygen atoms in total. The number of rotatable bonds is 11. The number of unbranched alkanes of at least 4 members (excludes halogenated alkanes) is 1. The predicted molar refractivity (Wildman–Crippen MR) is 103 cm³/mol. The smallest absolute Gasteiger partial charge is 0.190 e. The summed E-state index contributed by atoms with van der Waals surface area (Å²) < 4.78 is 7.07. The molecule has 0 aromatic carbocycles. The van der Waals surface area contributed by atoms with E-state index in [0.29, 0.717) is 0 Å². The molecule has 0 saturated carbocycles. The van der Waals surface area contributed by atoms with Gasteiger partial charge in [-0.15, -0.1) is 0 Å². The van der Waals surface area contributed by atoms with Crippen LogP contribution in [0.25, 0.3) is 0 Å². The van der Waals surface area contributed by atoms with Crippen LogP contribution < -0.4 is 0 Å². The van der Waals surface area contributed by atoms with Gasteiger partial charge in [-0.3, -0.25) is 0 Å². The van der Waals surface area contributed by atoms with E-state index in [1.54, 1.807) is 0 Å². The van der Waals surface area contributed by atoms with Crippen molar-refractivity contribution >= 4 is 16.4 Å². The van der Waals surface area contributed by atoms with Gasteiger partial charge in [-0.25, -0.2) is 0 Å². The fourth-order valence-electron chi connectivity index (χ4n) is 3.82. The maximum Gasteiger partial charge on any atom is 0.190 e. The molecule has 0 radical (unpaired) electrons. The third-order valence-electron chi connectivity index (χ3n) is 5.77. The van der Waals surface area contributed by atoms with Crippen LogP contribution in [0.5, 0.6) is 0 Å². The van der Waals surface area contributed by atoms with Gasteiger partial charge in [0, 0.05) is 5.22 Å². The minimum absolute atomic E-state index is 0.162. The highest BCUT2D eigenvalue weighted by Crippen LogP contribution is 2.40. The van der Waals surface area contributed by atoms with E-state index < -0.39 is 16.4 Å². The summed E-state index contributed by atoms with van der Waals surface area (Å²) in [6, 6.07) is 1.41. The summed E-state index contributed by atoms with van der Waals surface area (Å²) in [6.07, 6.45) is 7.71. The second-order valence-electron chi connectivity index (χ2n) is 8.19. The topological polar surface area (TPSA) is 9.23 Å². The van der Waals surface area contributed by atoms with Gasteiger partial charge in [-0.1, -0.05) is 78.9 Å². The quantitative estimate of drug-likeness (QED) is 0.370. The van der Waals surface area contributed by atoms with Crippen LogP contribution >= 0.6 is 0 Å². The summed E-state index contributed by atoms with van der Waals surface area (Å²) in [5.74, 6) is 0. The molecule has 0 fully saturated rings. The molecule has 0 bridgehead atoms. The van der Waals surface area contributed by atoms with Crippen molar-refractivity contribution in [2.75, 3.05) is 0 Å². The van der Waals surface area contributed by atoms with Gasteiger partial charge in [0.05, 0.1) is 8.07 Å². The van der Waals surface area contributed by atoms with Crippen molar-refractivity contribution in [2.45, 2.75) is 116 Å².